The second-order valence-electron chi connectivity index (χ2n) is 7.70. The Bertz CT molecular complexity index is 891. The number of amides is 2. The topological polar surface area (TPSA) is 137 Å². The Morgan fingerprint density at radius 1 is 1.30 bits per heavy atom. The van der Waals surface area contributed by atoms with Crippen molar-refractivity contribution in [3.05, 3.63) is 53.7 Å². The van der Waals surface area contributed by atoms with E-state index in [1.54, 1.807) is 13.8 Å². The number of urea groups is 1. The Morgan fingerprint density at radius 2 is 1.97 bits per heavy atom. The molecule has 1 atom stereocenters. The number of nitrogen functional groups attached to an aromatic ring is 1. The number of hydrogen-bond acceptors (Lipinski definition) is 6. The third kappa shape index (κ3) is 5.25. The molecule has 9 nitrogen and oxygen atoms in total. The van der Waals surface area contributed by atoms with Crippen molar-refractivity contribution >= 4 is 23.4 Å². The number of hydrogen-bond donors (Lipinski definition) is 5. The fraction of sp³-hybridized carbons (Fsp3) is 0.381. The third-order valence-corrected chi connectivity index (χ3v) is 4.87. The predicted octanol–water partition coefficient (Wildman–Crippen LogP) is 1.96. The third-order valence-electron chi connectivity index (χ3n) is 4.87. The van der Waals surface area contributed by atoms with Crippen molar-refractivity contribution in [2.75, 3.05) is 37.4 Å². The number of anilines is 2. The number of carbonyl (C=O) groups excluding carboxylic acids is 1. The van der Waals surface area contributed by atoms with Gasteiger partial charge in [0, 0.05) is 31.0 Å². The lowest BCUT2D eigenvalue weighted by Gasteiger charge is -2.30. The largest absolute Gasteiger partial charge is 0.398 e. The van der Waals surface area contributed by atoms with Gasteiger partial charge in [-0.25, -0.2) is 9.78 Å². The van der Waals surface area contributed by atoms with E-state index in [1.165, 1.54) is 12.3 Å². The van der Waals surface area contributed by atoms with E-state index in [-0.39, 0.29) is 11.7 Å². The van der Waals surface area contributed by atoms with Crippen molar-refractivity contribution in [1.29, 1.82) is 5.41 Å². The van der Waals surface area contributed by atoms with Crippen LogP contribution in [0, 0.1) is 5.41 Å². The van der Waals surface area contributed by atoms with Gasteiger partial charge in [0.05, 0.1) is 30.4 Å². The highest BCUT2D eigenvalue weighted by molar-refractivity contribution is 6.01. The number of aliphatic hydroxyl groups is 1. The smallest absolute Gasteiger partial charge is 0.320 e. The van der Waals surface area contributed by atoms with Gasteiger partial charge in [-0.05, 0) is 19.4 Å². The van der Waals surface area contributed by atoms with Crippen molar-refractivity contribution in [1.82, 2.24) is 15.2 Å². The summed E-state index contributed by atoms with van der Waals surface area (Å²) in [5.74, 6) is 0.538. The van der Waals surface area contributed by atoms with E-state index in [0.717, 1.165) is 5.56 Å². The molecular formula is C21H28N6O3. The van der Waals surface area contributed by atoms with Crippen LogP contribution in [0.15, 0.2) is 42.6 Å². The number of ether oxygens (including phenoxy) is 1. The predicted molar refractivity (Wildman–Crippen MR) is 116 cm³/mol. The van der Waals surface area contributed by atoms with Gasteiger partial charge in [-0.3, -0.25) is 10.7 Å². The zero-order chi connectivity index (χ0) is 21.7. The molecular weight excluding hydrogens is 384 g/mol. The van der Waals surface area contributed by atoms with Gasteiger partial charge in [-0.1, -0.05) is 30.3 Å². The average molecular weight is 412 g/mol. The van der Waals surface area contributed by atoms with Crippen LogP contribution in [0.25, 0.3) is 0 Å². The summed E-state index contributed by atoms with van der Waals surface area (Å²) in [6.07, 6.45) is 1.48. The summed E-state index contributed by atoms with van der Waals surface area (Å²) in [5, 5.41) is 24.3. The molecule has 1 saturated heterocycles. The van der Waals surface area contributed by atoms with E-state index < -0.39 is 17.7 Å². The molecule has 160 valence electrons. The summed E-state index contributed by atoms with van der Waals surface area (Å²) in [6, 6.07) is 9.62. The number of nitrogens with zero attached hydrogens (tertiary/aromatic N) is 2. The number of nitrogens with one attached hydrogen (secondary N) is 3. The molecule has 30 heavy (non-hydrogen) atoms. The van der Waals surface area contributed by atoms with Gasteiger partial charge in [-0.2, -0.15) is 0 Å². The molecule has 1 aliphatic rings. The monoisotopic (exact) mass is 412 g/mol. The van der Waals surface area contributed by atoms with Crippen LogP contribution in [0.3, 0.4) is 0 Å². The second kappa shape index (κ2) is 9.10. The van der Waals surface area contributed by atoms with Crippen LogP contribution in [0.1, 0.15) is 31.0 Å². The molecule has 0 spiro atoms. The number of morpholine rings is 1. The quantitative estimate of drug-likeness (QED) is 0.376. The Hall–Kier alpha value is -3.17. The molecule has 2 amide bonds. The number of benzene rings is 1. The van der Waals surface area contributed by atoms with E-state index in [1.807, 2.05) is 35.2 Å². The molecule has 2 aromatic rings. The second-order valence-corrected chi connectivity index (χ2v) is 7.70. The van der Waals surface area contributed by atoms with Crippen LogP contribution in [-0.2, 0) is 4.74 Å². The number of rotatable bonds is 5. The summed E-state index contributed by atoms with van der Waals surface area (Å²) < 4.78 is 5.31. The molecule has 3 rings (SSSR count). The fourth-order valence-corrected chi connectivity index (χ4v) is 3.29. The molecule has 1 aromatic carbocycles. The van der Waals surface area contributed by atoms with Gasteiger partial charge in [0.2, 0.25) is 0 Å². The molecule has 1 aliphatic heterocycles. The minimum atomic E-state index is -1.18. The van der Waals surface area contributed by atoms with E-state index in [0.29, 0.717) is 37.6 Å². The molecule has 0 bridgehead atoms. The molecule has 1 fully saturated rings. The summed E-state index contributed by atoms with van der Waals surface area (Å²) in [4.78, 5) is 18.6. The van der Waals surface area contributed by atoms with Gasteiger partial charge >= 0.3 is 6.03 Å². The van der Waals surface area contributed by atoms with E-state index >= 15 is 0 Å². The molecule has 0 radical (unpaired) electrons. The Morgan fingerprint density at radius 3 is 2.57 bits per heavy atom. The lowest BCUT2D eigenvalue weighted by molar-refractivity contribution is 0.0415. The molecule has 0 saturated carbocycles. The van der Waals surface area contributed by atoms with Gasteiger partial charge < -0.3 is 25.8 Å². The molecule has 1 aromatic heterocycles. The zero-order valence-corrected chi connectivity index (χ0v) is 17.2. The van der Waals surface area contributed by atoms with Crippen molar-refractivity contribution < 1.29 is 14.6 Å². The summed E-state index contributed by atoms with van der Waals surface area (Å²) in [7, 11) is 0. The number of pyridine rings is 1. The van der Waals surface area contributed by atoms with Crippen molar-refractivity contribution in [3.8, 4) is 0 Å². The molecule has 0 unspecified atom stereocenters. The number of amidine groups is 1. The van der Waals surface area contributed by atoms with Crippen LogP contribution < -0.4 is 16.4 Å². The maximum absolute atomic E-state index is 12.5. The lowest BCUT2D eigenvalue weighted by atomic mass is 9.92. The van der Waals surface area contributed by atoms with Crippen LogP contribution >= 0.6 is 0 Å². The minimum Gasteiger partial charge on any atom is -0.398 e. The zero-order valence-electron chi connectivity index (χ0n) is 17.2. The number of carbonyl (C=O) groups is 1. The van der Waals surface area contributed by atoms with Crippen LogP contribution in [0.4, 0.5) is 16.3 Å². The van der Waals surface area contributed by atoms with Gasteiger partial charge in [0.1, 0.15) is 11.7 Å². The van der Waals surface area contributed by atoms with Crippen molar-refractivity contribution in [2.45, 2.75) is 25.5 Å². The van der Waals surface area contributed by atoms with Gasteiger partial charge in [0.15, 0.2) is 0 Å². The fourth-order valence-electron chi connectivity index (χ4n) is 3.29. The van der Waals surface area contributed by atoms with Crippen molar-refractivity contribution in [2.24, 2.45) is 0 Å². The van der Waals surface area contributed by atoms with Crippen molar-refractivity contribution in [3.63, 3.8) is 0 Å². The lowest BCUT2D eigenvalue weighted by Crippen LogP contribution is -2.44. The Balaban J connectivity index is 1.69. The first kappa shape index (κ1) is 21.5. The molecule has 2 heterocycles. The first-order valence-electron chi connectivity index (χ1n) is 9.77. The Labute approximate surface area is 175 Å². The van der Waals surface area contributed by atoms with Crippen LogP contribution in [-0.4, -0.2) is 58.8 Å². The molecule has 9 heteroatoms. The van der Waals surface area contributed by atoms with E-state index in [9.17, 15) is 9.90 Å². The Kier molecular flexibility index (Phi) is 6.53. The SMILES string of the molecule is CC(C)(O)[C@@H](NC(=O)Nc1cc(N)c(C(=N)N2CCOCC2)cn1)c1ccccc1. The van der Waals surface area contributed by atoms with Crippen LogP contribution in [0.5, 0.6) is 0 Å². The molecule has 0 aliphatic carbocycles. The highest BCUT2D eigenvalue weighted by atomic mass is 16.5. The summed E-state index contributed by atoms with van der Waals surface area (Å²) in [5.41, 5.74) is 6.56. The number of nitrogens with two attached hydrogens (primary N) is 1. The summed E-state index contributed by atoms with van der Waals surface area (Å²) in [6.45, 7) is 5.65. The average Bonchev–Trinajstić information content (AvgIpc) is 2.72. The first-order valence-corrected chi connectivity index (χ1v) is 9.77. The summed E-state index contributed by atoms with van der Waals surface area (Å²) >= 11 is 0. The maximum atomic E-state index is 12.5. The standard InChI is InChI=1S/C21H28N6O3/c1-21(2,29)18(14-6-4-3-5-7-14)26-20(28)25-17-12-16(22)15(13-24-17)19(23)27-8-10-30-11-9-27/h3-7,12-13,18,23,29H,8-11H2,1-2H3,(H4,22,24,25,26,28)/t18-/m0/s1. The van der Waals surface area contributed by atoms with Crippen LogP contribution in [0.2, 0.25) is 0 Å². The van der Waals surface area contributed by atoms with E-state index in [4.69, 9.17) is 15.9 Å². The number of aromatic nitrogens is 1. The highest BCUT2D eigenvalue weighted by Crippen LogP contribution is 2.25. The van der Waals surface area contributed by atoms with Gasteiger partial charge in [-0.15, -0.1) is 0 Å². The maximum Gasteiger partial charge on any atom is 0.320 e. The first-order chi connectivity index (χ1) is 14.3. The normalized spacial score (nSPS) is 15.4. The highest BCUT2D eigenvalue weighted by Gasteiger charge is 2.30. The minimum absolute atomic E-state index is 0.256. The van der Waals surface area contributed by atoms with E-state index in [2.05, 4.69) is 15.6 Å². The molecule has 6 N–H and O–H groups in total. The van der Waals surface area contributed by atoms with Gasteiger partial charge in [0.25, 0.3) is 0 Å².